The number of carbonyl (C=O) groups is 1. The lowest BCUT2D eigenvalue weighted by Gasteiger charge is -2.29. The summed E-state index contributed by atoms with van der Waals surface area (Å²) in [5.74, 6) is 0.165. The number of nitrogens with two attached hydrogens (primary N) is 1. The quantitative estimate of drug-likeness (QED) is 0.810. The molecule has 1 aliphatic carbocycles. The van der Waals surface area contributed by atoms with Gasteiger partial charge in [-0.15, -0.1) is 12.4 Å². The Kier molecular flexibility index (Phi) is 7.11. The molecule has 1 saturated carbocycles. The Morgan fingerprint density at radius 2 is 1.79 bits per heavy atom. The number of rotatable bonds is 3. The van der Waals surface area contributed by atoms with Crippen LogP contribution in [-0.4, -0.2) is 42.6 Å². The third-order valence-corrected chi connectivity index (χ3v) is 4.37. The van der Waals surface area contributed by atoms with Gasteiger partial charge in [-0.25, -0.2) is 0 Å². The molecule has 2 atom stereocenters. The standard InChI is InChI=1S/C14H26N2O2.ClH/c1-16(11-6-4-2-3-5-7-11)14(17)13-9-8-12(10-15)18-13;/h11-13H,2-10,15H2,1H3;1H/t12-,13+;/m1./s1. The van der Waals surface area contributed by atoms with Crippen LogP contribution in [0.15, 0.2) is 0 Å². The van der Waals surface area contributed by atoms with Crippen LogP contribution in [0.2, 0.25) is 0 Å². The van der Waals surface area contributed by atoms with Crippen LogP contribution in [-0.2, 0) is 9.53 Å². The maximum Gasteiger partial charge on any atom is 0.251 e. The molecule has 1 aliphatic heterocycles. The molecule has 1 saturated heterocycles. The highest BCUT2D eigenvalue weighted by atomic mass is 35.5. The first-order chi connectivity index (χ1) is 8.72. The maximum absolute atomic E-state index is 12.4. The Morgan fingerprint density at radius 3 is 2.32 bits per heavy atom. The molecule has 4 nitrogen and oxygen atoms in total. The number of amides is 1. The van der Waals surface area contributed by atoms with Gasteiger partial charge in [0.25, 0.3) is 5.91 Å². The van der Waals surface area contributed by atoms with Crippen molar-refractivity contribution in [3.8, 4) is 0 Å². The van der Waals surface area contributed by atoms with Crippen molar-refractivity contribution in [2.75, 3.05) is 13.6 Å². The maximum atomic E-state index is 12.4. The first-order valence-electron chi connectivity index (χ1n) is 7.34. The van der Waals surface area contributed by atoms with Crippen LogP contribution in [0.3, 0.4) is 0 Å². The molecule has 112 valence electrons. The van der Waals surface area contributed by atoms with Crippen molar-refractivity contribution in [1.82, 2.24) is 4.90 Å². The molecule has 5 heteroatoms. The van der Waals surface area contributed by atoms with E-state index in [2.05, 4.69) is 0 Å². The van der Waals surface area contributed by atoms with E-state index in [0.29, 0.717) is 12.6 Å². The molecule has 0 bridgehead atoms. The van der Waals surface area contributed by atoms with E-state index < -0.39 is 0 Å². The fourth-order valence-electron chi connectivity index (χ4n) is 3.11. The molecule has 2 aliphatic rings. The normalized spacial score (nSPS) is 28.5. The van der Waals surface area contributed by atoms with Gasteiger partial charge in [-0.1, -0.05) is 25.7 Å². The summed E-state index contributed by atoms with van der Waals surface area (Å²) in [6, 6.07) is 0.417. The largest absolute Gasteiger partial charge is 0.364 e. The molecule has 0 aromatic rings. The Balaban J connectivity index is 0.00000180. The zero-order valence-electron chi connectivity index (χ0n) is 11.8. The SMILES string of the molecule is CN(C(=O)[C@@H]1CC[C@H](CN)O1)C1CCCCCC1.Cl. The first-order valence-corrected chi connectivity index (χ1v) is 7.34. The van der Waals surface area contributed by atoms with Crippen LogP contribution in [0, 0.1) is 0 Å². The average Bonchev–Trinajstić information content (AvgIpc) is 2.71. The van der Waals surface area contributed by atoms with Crippen molar-refractivity contribution >= 4 is 18.3 Å². The molecule has 2 N–H and O–H groups in total. The molecule has 0 aromatic heterocycles. The van der Waals surface area contributed by atoms with E-state index in [-0.39, 0.29) is 30.5 Å². The van der Waals surface area contributed by atoms with E-state index in [9.17, 15) is 4.79 Å². The number of hydrogen-bond donors (Lipinski definition) is 1. The fraction of sp³-hybridized carbons (Fsp3) is 0.929. The lowest BCUT2D eigenvalue weighted by Crippen LogP contribution is -2.43. The zero-order chi connectivity index (χ0) is 13.0. The minimum Gasteiger partial charge on any atom is -0.364 e. The molecule has 1 amide bonds. The van der Waals surface area contributed by atoms with E-state index >= 15 is 0 Å². The fourth-order valence-corrected chi connectivity index (χ4v) is 3.11. The number of halogens is 1. The summed E-state index contributed by atoms with van der Waals surface area (Å²) in [6.07, 6.45) is 9.02. The van der Waals surface area contributed by atoms with Gasteiger partial charge in [0.1, 0.15) is 6.10 Å². The lowest BCUT2D eigenvalue weighted by atomic mass is 10.1. The molecule has 0 spiro atoms. The molecule has 0 unspecified atom stereocenters. The molecule has 19 heavy (non-hydrogen) atoms. The third kappa shape index (κ3) is 4.33. The molecule has 1 heterocycles. The van der Waals surface area contributed by atoms with Crippen molar-refractivity contribution in [3.05, 3.63) is 0 Å². The van der Waals surface area contributed by atoms with E-state index in [1.54, 1.807) is 0 Å². The van der Waals surface area contributed by atoms with Crippen LogP contribution >= 0.6 is 12.4 Å². The van der Waals surface area contributed by atoms with E-state index in [0.717, 1.165) is 25.7 Å². The molecule has 0 radical (unpaired) electrons. The summed E-state index contributed by atoms with van der Waals surface area (Å²) >= 11 is 0. The van der Waals surface area contributed by atoms with Gasteiger partial charge < -0.3 is 15.4 Å². The minimum absolute atomic E-state index is 0. The smallest absolute Gasteiger partial charge is 0.251 e. The van der Waals surface area contributed by atoms with Gasteiger partial charge in [0, 0.05) is 19.6 Å². The minimum atomic E-state index is -0.244. The summed E-state index contributed by atoms with van der Waals surface area (Å²) < 4.78 is 5.70. The monoisotopic (exact) mass is 290 g/mol. The van der Waals surface area contributed by atoms with Gasteiger partial charge in [0.15, 0.2) is 0 Å². The Hall–Kier alpha value is -0.320. The molecule has 2 rings (SSSR count). The van der Waals surface area contributed by atoms with Gasteiger partial charge >= 0.3 is 0 Å². The number of ether oxygens (including phenoxy) is 1. The Labute approximate surface area is 122 Å². The second-order valence-electron chi connectivity index (χ2n) is 5.65. The second kappa shape index (κ2) is 8.08. The lowest BCUT2D eigenvalue weighted by molar-refractivity contribution is -0.143. The van der Waals surface area contributed by atoms with Gasteiger partial charge in [-0.05, 0) is 25.7 Å². The second-order valence-corrected chi connectivity index (χ2v) is 5.65. The first kappa shape index (κ1) is 16.7. The van der Waals surface area contributed by atoms with Crippen molar-refractivity contribution in [2.24, 2.45) is 5.73 Å². The Bertz CT molecular complexity index is 281. The molecule has 0 aromatic carbocycles. The summed E-state index contributed by atoms with van der Waals surface area (Å²) in [5.41, 5.74) is 5.59. The van der Waals surface area contributed by atoms with Crippen LogP contribution in [0.5, 0.6) is 0 Å². The van der Waals surface area contributed by atoms with Gasteiger partial charge in [-0.2, -0.15) is 0 Å². The predicted molar refractivity (Wildman–Crippen MR) is 78.5 cm³/mol. The topological polar surface area (TPSA) is 55.6 Å². The van der Waals surface area contributed by atoms with Gasteiger partial charge in [0.2, 0.25) is 0 Å². The average molecular weight is 291 g/mol. The van der Waals surface area contributed by atoms with E-state index in [4.69, 9.17) is 10.5 Å². The number of nitrogens with zero attached hydrogens (tertiary/aromatic N) is 1. The van der Waals surface area contributed by atoms with Crippen LogP contribution in [0.4, 0.5) is 0 Å². The highest BCUT2D eigenvalue weighted by molar-refractivity contribution is 5.85. The summed E-state index contributed by atoms with van der Waals surface area (Å²) in [5, 5.41) is 0. The van der Waals surface area contributed by atoms with Crippen molar-refractivity contribution in [2.45, 2.75) is 69.6 Å². The van der Waals surface area contributed by atoms with Crippen LogP contribution < -0.4 is 5.73 Å². The Morgan fingerprint density at radius 1 is 1.16 bits per heavy atom. The highest BCUT2D eigenvalue weighted by Gasteiger charge is 2.33. The van der Waals surface area contributed by atoms with Crippen LogP contribution in [0.25, 0.3) is 0 Å². The number of likely N-dealkylation sites (N-methyl/N-ethyl adjacent to an activating group) is 1. The molecular weight excluding hydrogens is 264 g/mol. The van der Waals surface area contributed by atoms with Crippen LogP contribution in [0.1, 0.15) is 51.4 Å². The highest BCUT2D eigenvalue weighted by Crippen LogP contribution is 2.25. The van der Waals surface area contributed by atoms with Crippen molar-refractivity contribution in [3.63, 3.8) is 0 Å². The van der Waals surface area contributed by atoms with Gasteiger partial charge in [0.05, 0.1) is 6.10 Å². The summed E-state index contributed by atoms with van der Waals surface area (Å²) in [6.45, 7) is 0.525. The number of hydrogen-bond acceptors (Lipinski definition) is 3. The predicted octanol–water partition coefficient (Wildman–Crippen LogP) is 2.10. The molecular formula is C14H27ClN2O2. The van der Waals surface area contributed by atoms with E-state index in [1.807, 2.05) is 11.9 Å². The summed E-state index contributed by atoms with van der Waals surface area (Å²) in [7, 11) is 1.94. The molecule has 2 fully saturated rings. The number of carbonyl (C=O) groups excluding carboxylic acids is 1. The van der Waals surface area contributed by atoms with Crippen molar-refractivity contribution in [1.29, 1.82) is 0 Å². The van der Waals surface area contributed by atoms with Gasteiger partial charge in [-0.3, -0.25) is 4.79 Å². The summed E-state index contributed by atoms with van der Waals surface area (Å²) in [4.78, 5) is 14.3. The zero-order valence-corrected chi connectivity index (χ0v) is 12.7. The third-order valence-electron chi connectivity index (χ3n) is 4.37. The van der Waals surface area contributed by atoms with Crippen molar-refractivity contribution < 1.29 is 9.53 Å². The van der Waals surface area contributed by atoms with E-state index in [1.165, 1.54) is 25.7 Å².